The summed E-state index contributed by atoms with van der Waals surface area (Å²) in [5, 5.41) is 24.8. The van der Waals surface area contributed by atoms with Crippen LogP contribution in [0.3, 0.4) is 0 Å². The van der Waals surface area contributed by atoms with Crippen LogP contribution in [0, 0.1) is 0 Å². The van der Waals surface area contributed by atoms with Gasteiger partial charge in [0.1, 0.15) is 11.5 Å². The Labute approximate surface area is 193 Å². The van der Waals surface area contributed by atoms with E-state index < -0.39 is 19.9 Å². The summed E-state index contributed by atoms with van der Waals surface area (Å²) in [6, 6.07) is 22.9. The van der Waals surface area contributed by atoms with Crippen LogP contribution in [0.1, 0.15) is 27.7 Å². The van der Waals surface area contributed by atoms with Crippen LogP contribution >= 0.6 is 0 Å². The Balaban J connectivity index is 0.000000259. The van der Waals surface area contributed by atoms with Gasteiger partial charge in [-0.25, -0.2) is 0 Å². The van der Waals surface area contributed by atoms with E-state index in [0.29, 0.717) is 23.3 Å². The quantitative estimate of drug-likeness (QED) is 0.326. The van der Waals surface area contributed by atoms with Crippen LogP contribution in [0.2, 0.25) is 0 Å². The fraction of sp³-hybridized carbons (Fsp3) is 0.231. The standard InChI is InChI=1S/C20H14O2.2C3H7O.Ti/c21-17-11-9-13-5-1-3-7-15(13)19(17)20-16-8-4-2-6-14(16)10-12-18(20)22;2*1-3(2)4;/h1-12,21-22H;2*3H,1-2H3;/q;2*-1;+2. The number of hydrogen-bond donors (Lipinski definition) is 2. The maximum atomic E-state index is 10.4. The topological polar surface area (TPSA) is 58.9 Å². The van der Waals surface area contributed by atoms with Crippen molar-refractivity contribution < 1.29 is 36.8 Å². The zero-order chi connectivity index (χ0) is 22.4. The molecule has 0 bridgehead atoms. The summed E-state index contributed by atoms with van der Waals surface area (Å²) < 4.78 is 10.5. The molecule has 0 aliphatic rings. The van der Waals surface area contributed by atoms with Crippen molar-refractivity contribution in [1.82, 2.24) is 0 Å². The smallest absolute Gasteiger partial charge is 0.124 e. The molecule has 0 spiro atoms. The molecule has 4 rings (SSSR count). The van der Waals surface area contributed by atoms with E-state index in [0.717, 1.165) is 21.5 Å². The summed E-state index contributed by atoms with van der Waals surface area (Å²) >= 11 is -0.574. The minimum atomic E-state index is -0.574. The Morgan fingerprint density at radius 2 is 0.968 bits per heavy atom. The second-order valence-corrected chi connectivity index (χ2v) is 8.77. The van der Waals surface area contributed by atoms with E-state index in [-0.39, 0.29) is 11.5 Å². The average molecular weight is 452 g/mol. The third kappa shape index (κ3) is 5.87. The first-order valence-electron chi connectivity index (χ1n) is 10.4. The first kappa shape index (κ1) is 23.3. The van der Waals surface area contributed by atoms with Crippen molar-refractivity contribution in [2.45, 2.75) is 39.9 Å². The first-order chi connectivity index (χ1) is 14.9. The summed E-state index contributed by atoms with van der Waals surface area (Å²) in [4.78, 5) is 0. The molecular weight excluding hydrogens is 424 g/mol. The van der Waals surface area contributed by atoms with Gasteiger partial charge in [0.05, 0.1) is 0 Å². The zero-order valence-corrected chi connectivity index (χ0v) is 19.9. The fourth-order valence-corrected chi connectivity index (χ4v) is 3.95. The van der Waals surface area contributed by atoms with Gasteiger partial charge in [-0.2, -0.15) is 0 Å². The number of aromatic hydroxyl groups is 2. The van der Waals surface area contributed by atoms with Crippen LogP contribution < -0.4 is 0 Å². The summed E-state index contributed by atoms with van der Waals surface area (Å²) in [5.74, 6) is 0.343. The molecule has 0 unspecified atom stereocenters. The van der Waals surface area contributed by atoms with Crippen LogP contribution in [0.15, 0.2) is 72.8 Å². The van der Waals surface area contributed by atoms with E-state index in [1.54, 1.807) is 12.1 Å². The molecule has 0 atom stereocenters. The number of rotatable bonds is 5. The van der Waals surface area contributed by atoms with Gasteiger partial charge in [-0.3, -0.25) is 0 Å². The van der Waals surface area contributed by atoms with Crippen LogP contribution in [0.5, 0.6) is 11.5 Å². The van der Waals surface area contributed by atoms with Crippen LogP contribution in [0.4, 0.5) is 0 Å². The summed E-state index contributed by atoms with van der Waals surface area (Å²) in [7, 11) is 0. The molecule has 0 amide bonds. The van der Waals surface area contributed by atoms with Crippen molar-refractivity contribution in [2.24, 2.45) is 0 Å². The fourth-order valence-electron chi connectivity index (χ4n) is 3.27. The number of phenolic OH excluding ortho intramolecular Hbond substituents is 2. The Morgan fingerprint density at radius 1 is 0.581 bits per heavy atom. The molecule has 0 aliphatic heterocycles. The predicted molar refractivity (Wildman–Crippen MR) is 123 cm³/mol. The minimum absolute atomic E-state index is 0.172. The largest absolute Gasteiger partial charge is 0.507 e. The van der Waals surface area contributed by atoms with Gasteiger partial charge in [-0.05, 0) is 33.7 Å². The Kier molecular flexibility index (Phi) is 8.11. The molecule has 4 aromatic rings. The molecule has 0 saturated heterocycles. The van der Waals surface area contributed by atoms with Crippen molar-refractivity contribution in [3.63, 3.8) is 0 Å². The van der Waals surface area contributed by atoms with Crippen LogP contribution in [0.25, 0.3) is 32.7 Å². The maximum absolute atomic E-state index is 10.4. The second kappa shape index (κ2) is 10.8. The molecule has 0 fully saturated rings. The molecule has 4 nitrogen and oxygen atoms in total. The zero-order valence-electron chi connectivity index (χ0n) is 18.3. The van der Waals surface area contributed by atoms with Crippen molar-refractivity contribution in [1.29, 1.82) is 0 Å². The monoisotopic (exact) mass is 452 g/mol. The minimum Gasteiger partial charge on any atom is -0.507 e. The summed E-state index contributed by atoms with van der Waals surface area (Å²) in [6.07, 6.45) is 0.646. The Bertz CT molecular complexity index is 1060. The van der Waals surface area contributed by atoms with Gasteiger partial charge in [0.25, 0.3) is 0 Å². The van der Waals surface area contributed by atoms with Gasteiger partial charge in [0.2, 0.25) is 0 Å². The van der Waals surface area contributed by atoms with Gasteiger partial charge in [-0.15, -0.1) is 0 Å². The normalized spacial score (nSPS) is 11.0. The van der Waals surface area contributed by atoms with Crippen molar-refractivity contribution in [3.8, 4) is 22.6 Å². The summed E-state index contributed by atoms with van der Waals surface area (Å²) in [5.41, 5.74) is 1.35. The summed E-state index contributed by atoms with van der Waals surface area (Å²) in [6.45, 7) is 8.08. The van der Waals surface area contributed by atoms with E-state index in [9.17, 15) is 10.2 Å². The first-order valence-corrected chi connectivity index (χ1v) is 11.6. The second-order valence-electron chi connectivity index (χ2n) is 7.78. The van der Waals surface area contributed by atoms with Crippen molar-refractivity contribution in [3.05, 3.63) is 72.8 Å². The molecule has 31 heavy (non-hydrogen) atoms. The molecule has 0 heterocycles. The third-order valence-corrected chi connectivity index (χ3v) is 6.40. The van der Waals surface area contributed by atoms with E-state index in [1.165, 1.54) is 0 Å². The predicted octanol–water partition coefficient (Wildman–Crippen LogP) is 6.82. The van der Waals surface area contributed by atoms with Gasteiger partial charge in [0, 0.05) is 11.1 Å². The van der Waals surface area contributed by atoms with Crippen LogP contribution in [-0.2, 0) is 26.6 Å². The average Bonchev–Trinajstić information content (AvgIpc) is 2.74. The van der Waals surface area contributed by atoms with Gasteiger partial charge in [0.15, 0.2) is 0 Å². The van der Waals surface area contributed by atoms with Gasteiger partial charge in [-0.1, -0.05) is 60.7 Å². The van der Waals surface area contributed by atoms with Gasteiger partial charge < -0.3 is 10.2 Å². The molecular formula is C26H28O4Ti. The van der Waals surface area contributed by atoms with Crippen molar-refractivity contribution >= 4 is 21.5 Å². The molecule has 4 aromatic carbocycles. The molecule has 0 aromatic heterocycles. The Morgan fingerprint density at radius 3 is 1.35 bits per heavy atom. The van der Waals surface area contributed by atoms with Gasteiger partial charge >= 0.3 is 66.5 Å². The Hall–Kier alpha value is -2.37. The molecule has 0 radical (unpaired) electrons. The van der Waals surface area contributed by atoms with Crippen molar-refractivity contribution in [2.75, 3.05) is 0 Å². The molecule has 160 valence electrons. The number of phenols is 2. The number of hydrogen-bond acceptors (Lipinski definition) is 4. The van der Waals surface area contributed by atoms with Crippen LogP contribution in [-0.4, -0.2) is 22.4 Å². The van der Waals surface area contributed by atoms with E-state index in [1.807, 2.05) is 88.4 Å². The molecule has 0 saturated carbocycles. The van der Waals surface area contributed by atoms with E-state index in [2.05, 4.69) is 0 Å². The number of benzene rings is 4. The molecule has 5 heteroatoms. The maximum Gasteiger partial charge on any atom is 0.124 e. The van der Waals surface area contributed by atoms with E-state index in [4.69, 9.17) is 6.64 Å². The SMILES string of the molecule is CC(C)[O][Ti][O]C(C)C.Oc1ccc2ccccc2c1-c1c(O)ccc2ccccc12. The molecule has 0 aliphatic carbocycles. The van der Waals surface area contributed by atoms with E-state index >= 15 is 0 Å². The molecule has 2 N–H and O–H groups in total. The third-order valence-electron chi connectivity index (χ3n) is 4.63. The number of fused-ring (bicyclic) bond motifs is 2.